The summed E-state index contributed by atoms with van der Waals surface area (Å²) in [5, 5.41) is 0. The van der Waals surface area contributed by atoms with E-state index in [9.17, 15) is 4.79 Å². The fraction of sp³-hybridized carbons (Fsp3) is 0.357. The fourth-order valence-corrected chi connectivity index (χ4v) is 1.84. The lowest BCUT2D eigenvalue weighted by atomic mass is 10.1. The molecule has 1 aromatic rings. The number of nitrogens with two attached hydrogens (primary N) is 1. The van der Waals surface area contributed by atoms with Crippen LogP contribution in [0.25, 0.3) is 0 Å². The number of benzene rings is 1. The summed E-state index contributed by atoms with van der Waals surface area (Å²) >= 11 is 0. The molecule has 4 heteroatoms. The Morgan fingerprint density at radius 2 is 2.00 bits per heavy atom. The van der Waals surface area contributed by atoms with Crippen LogP contribution < -0.4 is 5.73 Å². The Morgan fingerprint density at radius 1 is 1.33 bits per heavy atom. The predicted octanol–water partition coefficient (Wildman–Crippen LogP) is 2.67. The lowest BCUT2D eigenvalue weighted by Gasteiger charge is -2.05. The first kappa shape index (κ1) is 14.3. The molecule has 0 aliphatic carbocycles. The van der Waals surface area contributed by atoms with E-state index >= 15 is 0 Å². The number of carbonyl (C=O) groups excluding carboxylic acids is 1. The minimum Gasteiger partial charge on any atom is -0.462 e. The Labute approximate surface area is 109 Å². The van der Waals surface area contributed by atoms with E-state index in [1.165, 1.54) is 0 Å². The van der Waals surface area contributed by atoms with E-state index in [0.29, 0.717) is 17.9 Å². The van der Waals surface area contributed by atoms with Crippen LogP contribution in [-0.4, -0.2) is 20.7 Å². The van der Waals surface area contributed by atoms with Gasteiger partial charge in [0.05, 0.1) is 12.2 Å². The van der Waals surface area contributed by atoms with Crippen molar-refractivity contribution in [1.82, 2.24) is 0 Å². The van der Waals surface area contributed by atoms with Crippen molar-refractivity contribution in [1.29, 1.82) is 0 Å². The Morgan fingerprint density at radius 3 is 2.56 bits per heavy atom. The van der Waals surface area contributed by atoms with Crippen molar-refractivity contribution in [2.75, 3.05) is 12.3 Å². The SMILES string of the molecule is CCOC(=O)c1cc(N)cc(C#C[Si](C)(C)C)c1. The lowest BCUT2D eigenvalue weighted by Crippen LogP contribution is -2.16. The number of hydrogen-bond donors (Lipinski definition) is 1. The van der Waals surface area contributed by atoms with E-state index in [1.807, 2.05) is 0 Å². The molecule has 1 aromatic carbocycles. The quantitative estimate of drug-likeness (QED) is 0.385. The van der Waals surface area contributed by atoms with Crippen LogP contribution in [0, 0.1) is 11.5 Å². The van der Waals surface area contributed by atoms with E-state index < -0.39 is 8.07 Å². The average Bonchev–Trinajstić information content (AvgIpc) is 2.25. The second kappa shape index (κ2) is 5.74. The molecule has 0 fully saturated rings. The van der Waals surface area contributed by atoms with Gasteiger partial charge in [-0.3, -0.25) is 0 Å². The summed E-state index contributed by atoms with van der Waals surface area (Å²) < 4.78 is 4.95. The Kier molecular flexibility index (Phi) is 4.57. The minimum absolute atomic E-state index is 0.351. The fourth-order valence-electron chi connectivity index (χ4n) is 1.32. The lowest BCUT2D eigenvalue weighted by molar-refractivity contribution is 0.0526. The zero-order valence-electron chi connectivity index (χ0n) is 11.3. The Balaban J connectivity index is 3.08. The molecule has 0 saturated heterocycles. The highest BCUT2D eigenvalue weighted by atomic mass is 28.3. The second-order valence-electron chi connectivity index (χ2n) is 5.06. The molecular formula is C14H19NO2Si. The van der Waals surface area contributed by atoms with Gasteiger partial charge in [-0.25, -0.2) is 4.79 Å². The predicted molar refractivity (Wildman–Crippen MR) is 77.0 cm³/mol. The van der Waals surface area contributed by atoms with E-state index in [1.54, 1.807) is 25.1 Å². The summed E-state index contributed by atoms with van der Waals surface area (Å²) in [6, 6.07) is 5.11. The number of ether oxygens (including phenoxy) is 1. The molecule has 0 aromatic heterocycles. The summed E-state index contributed by atoms with van der Waals surface area (Å²) in [4.78, 5) is 11.6. The van der Waals surface area contributed by atoms with Gasteiger partial charge in [0, 0.05) is 11.3 Å². The van der Waals surface area contributed by atoms with Gasteiger partial charge >= 0.3 is 5.97 Å². The highest BCUT2D eigenvalue weighted by molar-refractivity contribution is 6.83. The molecule has 0 atom stereocenters. The molecule has 1 rings (SSSR count). The molecule has 18 heavy (non-hydrogen) atoms. The first-order valence-corrected chi connectivity index (χ1v) is 9.42. The largest absolute Gasteiger partial charge is 0.462 e. The van der Waals surface area contributed by atoms with Crippen LogP contribution in [0.3, 0.4) is 0 Å². The average molecular weight is 261 g/mol. The smallest absolute Gasteiger partial charge is 0.338 e. The van der Waals surface area contributed by atoms with Crippen molar-refractivity contribution >= 4 is 19.7 Å². The first-order valence-electron chi connectivity index (χ1n) is 5.92. The van der Waals surface area contributed by atoms with E-state index in [-0.39, 0.29) is 5.97 Å². The van der Waals surface area contributed by atoms with Gasteiger partial charge in [0.15, 0.2) is 0 Å². The van der Waals surface area contributed by atoms with Crippen LogP contribution in [0.15, 0.2) is 18.2 Å². The van der Waals surface area contributed by atoms with Crippen molar-refractivity contribution in [2.24, 2.45) is 0 Å². The number of hydrogen-bond acceptors (Lipinski definition) is 3. The van der Waals surface area contributed by atoms with E-state index in [2.05, 4.69) is 31.1 Å². The highest BCUT2D eigenvalue weighted by Gasteiger charge is 2.10. The maximum atomic E-state index is 11.6. The molecule has 0 heterocycles. The molecule has 0 bridgehead atoms. The van der Waals surface area contributed by atoms with Crippen LogP contribution in [0.1, 0.15) is 22.8 Å². The number of anilines is 1. The standard InChI is InChI=1S/C14H19NO2Si/c1-5-17-14(16)12-8-11(9-13(15)10-12)6-7-18(2,3)4/h8-10H,5,15H2,1-4H3. The van der Waals surface area contributed by atoms with Crippen LogP contribution in [0.4, 0.5) is 5.69 Å². The maximum absolute atomic E-state index is 11.6. The van der Waals surface area contributed by atoms with Crippen LogP contribution >= 0.6 is 0 Å². The number of nitrogen functional groups attached to an aromatic ring is 1. The zero-order chi connectivity index (χ0) is 13.8. The van der Waals surface area contributed by atoms with Crippen molar-refractivity contribution in [3.05, 3.63) is 29.3 Å². The van der Waals surface area contributed by atoms with E-state index in [4.69, 9.17) is 10.5 Å². The van der Waals surface area contributed by atoms with Gasteiger partial charge in [0.25, 0.3) is 0 Å². The molecule has 0 spiro atoms. The molecule has 0 aliphatic heterocycles. The summed E-state index contributed by atoms with van der Waals surface area (Å²) in [7, 11) is -1.44. The number of carbonyl (C=O) groups is 1. The molecule has 0 amide bonds. The molecule has 0 unspecified atom stereocenters. The topological polar surface area (TPSA) is 52.3 Å². The van der Waals surface area contributed by atoms with E-state index in [0.717, 1.165) is 5.56 Å². The van der Waals surface area contributed by atoms with Gasteiger partial charge in [-0.15, -0.1) is 5.54 Å². The second-order valence-corrected chi connectivity index (χ2v) is 9.81. The summed E-state index contributed by atoms with van der Waals surface area (Å²) in [6.07, 6.45) is 0. The normalized spacial score (nSPS) is 10.4. The summed E-state index contributed by atoms with van der Waals surface area (Å²) in [5.41, 5.74) is 10.8. The molecule has 96 valence electrons. The van der Waals surface area contributed by atoms with Crippen molar-refractivity contribution in [2.45, 2.75) is 26.6 Å². The molecule has 3 nitrogen and oxygen atoms in total. The third-order valence-electron chi connectivity index (χ3n) is 2.05. The monoisotopic (exact) mass is 261 g/mol. The molecular weight excluding hydrogens is 242 g/mol. The van der Waals surface area contributed by atoms with Gasteiger partial charge in [0.2, 0.25) is 0 Å². The number of rotatable bonds is 2. The van der Waals surface area contributed by atoms with Gasteiger partial charge in [-0.1, -0.05) is 25.6 Å². The van der Waals surface area contributed by atoms with Crippen LogP contribution in [0.2, 0.25) is 19.6 Å². The van der Waals surface area contributed by atoms with Gasteiger partial charge in [-0.05, 0) is 25.1 Å². The van der Waals surface area contributed by atoms with Crippen LogP contribution in [-0.2, 0) is 4.74 Å². The molecule has 0 aliphatic rings. The Hall–Kier alpha value is -1.73. The minimum atomic E-state index is -1.44. The summed E-state index contributed by atoms with van der Waals surface area (Å²) in [6.45, 7) is 8.62. The third-order valence-corrected chi connectivity index (χ3v) is 2.92. The van der Waals surface area contributed by atoms with Crippen LogP contribution in [0.5, 0.6) is 0 Å². The maximum Gasteiger partial charge on any atom is 0.338 e. The van der Waals surface area contributed by atoms with Gasteiger partial charge < -0.3 is 10.5 Å². The number of esters is 1. The molecule has 0 radical (unpaired) electrons. The Bertz CT molecular complexity index is 507. The zero-order valence-corrected chi connectivity index (χ0v) is 12.3. The molecule has 0 saturated carbocycles. The first-order chi connectivity index (χ1) is 8.31. The third kappa shape index (κ3) is 4.64. The van der Waals surface area contributed by atoms with Crippen molar-refractivity contribution in [3.63, 3.8) is 0 Å². The van der Waals surface area contributed by atoms with Crippen molar-refractivity contribution in [3.8, 4) is 11.5 Å². The highest BCUT2D eigenvalue weighted by Crippen LogP contribution is 2.13. The van der Waals surface area contributed by atoms with Gasteiger partial charge in [0.1, 0.15) is 8.07 Å². The molecule has 2 N–H and O–H groups in total. The van der Waals surface area contributed by atoms with Gasteiger partial charge in [-0.2, -0.15) is 0 Å². The van der Waals surface area contributed by atoms with Crippen molar-refractivity contribution < 1.29 is 9.53 Å². The summed E-state index contributed by atoms with van der Waals surface area (Å²) in [5.74, 6) is 2.73.